The summed E-state index contributed by atoms with van der Waals surface area (Å²) in [7, 11) is -3.53. The summed E-state index contributed by atoms with van der Waals surface area (Å²) in [6, 6.07) is 13.6. The average molecular weight is 423 g/mol. The van der Waals surface area contributed by atoms with Crippen LogP contribution in [0, 0.1) is 0 Å². The molecule has 0 radical (unpaired) electrons. The number of ether oxygens (including phenoxy) is 1. The Morgan fingerprint density at radius 1 is 1.21 bits per heavy atom. The molecule has 8 heteroatoms. The summed E-state index contributed by atoms with van der Waals surface area (Å²) in [5.41, 5.74) is 1.64. The first kappa shape index (κ1) is 20.6. The fourth-order valence-electron chi connectivity index (χ4n) is 3.07. The summed E-state index contributed by atoms with van der Waals surface area (Å²) in [6.45, 7) is 1.33. The van der Waals surface area contributed by atoms with Crippen LogP contribution in [0.1, 0.15) is 28.8 Å². The number of sulfonamides is 1. The lowest BCUT2D eigenvalue weighted by Crippen LogP contribution is -2.32. The van der Waals surface area contributed by atoms with Crippen LogP contribution in [0.25, 0.3) is 0 Å². The van der Waals surface area contributed by atoms with Gasteiger partial charge in [-0.15, -0.1) is 0 Å². The van der Waals surface area contributed by atoms with Crippen LogP contribution in [0.15, 0.2) is 48.5 Å². The minimum Gasteiger partial charge on any atom is -0.376 e. The van der Waals surface area contributed by atoms with Crippen molar-refractivity contribution in [3.63, 3.8) is 0 Å². The molecule has 1 aliphatic rings. The molecule has 0 aromatic heterocycles. The summed E-state index contributed by atoms with van der Waals surface area (Å²) >= 11 is 6.18. The zero-order valence-electron chi connectivity index (χ0n) is 15.6. The summed E-state index contributed by atoms with van der Waals surface area (Å²) in [5, 5.41) is 3.36. The Morgan fingerprint density at radius 3 is 2.54 bits per heavy atom. The molecular weight excluding hydrogens is 400 g/mol. The van der Waals surface area contributed by atoms with E-state index in [4.69, 9.17) is 16.3 Å². The number of hydrogen-bond acceptors (Lipinski definition) is 4. The van der Waals surface area contributed by atoms with Crippen molar-refractivity contribution in [2.75, 3.05) is 23.7 Å². The van der Waals surface area contributed by atoms with E-state index in [0.717, 1.165) is 25.7 Å². The molecule has 0 bridgehead atoms. The maximum Gasteiger partial charge on any atom is 0.251 e. The molecule has 6 nitrogen and oxygen atoms in total. The Bertz CT molecular complexity index is 925. The smallest absolute Gasteiger partial charge is 0.251 e. The highest BCUT2D eigenvalue weighted by Crippen LogP contribution is 2.24. The van der Waals surface area contributed by atoms with Crippen LogP contribution in [0.3, 0.4) is 0 Å². The summed E-state index contributed by atoms with van der Waals surface area (Å²) in [6.07, 6.45) is 3.18. The van der Waals surface area contributed by atoms with Crippen LogP contribution in [0.4, 0.5) is 5.69 Å². The van der Waals surface area contributed by atoms with E-state index in [0.29, 0.717) is 28.4 Å². The van der Waals surface area contributed by atoms with Gasteiger partial charge in [-0.25, -0.2) is 8.42 Å². The highest BCUT2D eigenvalue weighted by Gasteiger charge is 2.20. The second kappa shape index (κ2) is 8.94. The van der Waals surface area contributed by atoms with E-state index in [1.165, 1.54) is 4.31 Å². The number of hydrogen-bond donors (Lipinski definition) is 1. The van der Waals surface area contributed by atoms with Gasteiger partial charge in [0, 0.05) is 23.7 Å². The molecule has 2 aromatic rings. The molecule has 0 saturated carbocycles. The maximum absolute atomic E-state index is 12.3. The third-order valence-corrected chi connectivity index (χ3v) is 6.11. The van der Waals surface area contributed by atoms with Gasteiger partial charge in [-0.1, -0.05) is 29.8 Å². The van der Waals surface area contributed by atoms with Crippen molar-refractivity contribution in [3.8, 4) is 0 Å². The van der Waals surface area contributed by atoms with Gasteiger partial charge in [0.1, 0.15) is 0 Å². The zero-order chi connectivity index (χ0) is 20.1. The van der Waals surface area contributed by atoms with Crippen LogP contribution < -0.4 is 9.62 Å². The third-order valence-electron chi connectivity index (χ3n) is 4.60. The number of nitrogens with zero attached hydrogens (tertiary/aromatic N) is 1. The van der Waals surface area contributed by atoms with Gasteiger partial charge in [0.25, 0.3) is 5.91 Å². The minimum atomic E-state index is -3.53. The number of carbonyl (C=O) groups is 1. The molecule has 0 spiro atoms. The minimum absolute atomic E-state index is 0.0690. The lowest BCUT2D eigenvalue weighted by atomic mass is 10.1. The first-order chi connectivity index (χ1) is 13.3. The largest absolute Gasteiger partial charge is 0.376 e. The summed E-state index contributed by atoms with van der Waals surface area (Å²) in [4.78, 5) is 12.3. The van der Waals surface area contributed by atoms with Gasteiger partial charge in [0.05, 0.1) is 24.6 Å². The van der Waals surface area contributed by atoms with Crippen molar-refractivity contribution in [1.29, 1.82) is 0 Å². The fourth-order valence-corrected chi connectivity index (χ4v) is 4.15. The fraction of sp³-hybridized carbons (Fsp3) is 0.350. The predicted molar refractivity (Wildman–Crippen MR) is 110 cm³/mol. The Labute approximate surface area is 170 Å². The van der Waals surface area contributed by atoms with Gasteiger partial charge < -0.3 is 10.1 Å². The van der Waals surface area contributed by atoms with E-state index < -0.39 is 10.0 Å². The lowest BCUT2D eigenvalue weighted by Gasteiger charge is -2.23. The Balaban J connectivity index is 1.73. The van der Waals surface area contributed by atoms with Crippen LogP contribution in [-0.4, -0.2) is 39.8 Å². The number of anilines is 1. The predicted octanol–water partition coefficient (Wildman–Crippen LogP) is 3.22. The number of carbonyl (C=O) groups excluding carboxylic acids is 1. The highest BCUT2D eigenvalue weighted by molar-refractivity contribution is 7.92. The van der Waals surface area contributed by atoms with Crippen LogP contribution >= 0.6 is 11.6 Å². The van der Waals surface area contributed by atoms with Gasteiger partial charge in [-0.3, -0.25) is 9.10 Å². The van der Waals surface area contributed by atoms with Crippen molar-refractivity contribution >= 4 is 33.2 Å². The number of nitrogens with one attached hydrogen (secondary N) is 1. The number of amides is 1. The van der Waals surface area contributed by atoms with E-state index in [2.05, 4.69) is 5.32 Å². The van der Waals surface area contributed by atoms with E-state index in [-0.39, 0.29) is 18.6 Å². The molecule has 1 aliphatic heterocycles. The molecule has 1 saturated heterocycles. The van der Waals surface area contributed by atoms with Gasteiger partial charge in [0.2, 0.25) is 10.0 Å². The monoisotopic (exact) mass is 422 g/mol. The molecule has 1 atom stereocenters. The Hall–Kier alpha value is -2.09. The quantitative estimate of drug-likeness (QED) is 0.743. The number of halogens is 1. The van der Waals surface area contributed by atoms with E-state index in [1.807, 2.05) is 6.07 Å². The average Bonchev–Trinajstić information content (AvgIpc) is 3.18. The maximum atomic E-state index is 12.3. The molecular formula is C20H23ClN2O4S. The van der Waals surface area contributed by atoms with E-state index >= 15 is 0 Å². The lowest BCUT2D eigenvalue weighted by molar-refractivity contribution is 0.0858. The second-order valence-corrected chi connectivity index (χ2v) is 9.07. The molecule has 2 aromatic carbocycles. The van der Waals surface area contributed by atoms with Crippen molar-refractivity contribution in [2.24, 2.45) is 0 Å². The standard InChI is InChI=1S/C20H23ClN2O4S/c1-28(25,26)23(14-16-5-2-3-7-19(16)21)17-10-8-15(9-11-17)20(24)22-13-18-6-4-12-27-18/h2-3,5,7-11,18H,4,6,12-14H2,1H3,(H,22,24). The third kappa shape index (κ3) is 5.25. The van der Waals surface area contributed by atoms with Gasteiger partial charge in [0.15, 0.2) is 0 Å². The Kier molecular flexibility index (Phi) is 6.59. The normalized spacial score (nSPS) is 16.7. The van der Waals surface area contributed by atoms with Crippen LogP contribution in [0.2, 0.25) is 5.02 Å². The molecule has 1 amide bonds. The van der Waals surface area contributed by atoms with Crippen molar-refractivity contribution in [2.45, 2.75) is 25.5 Å². The summed E-state index contributed by atoms with van der Waals surface area (Å²) in [5.74, 6) is -0.209. The van der Waals surface area contributed by atoms with Gasteiger partial charge in [-0.05, 0) is 48.7 Å². The first-order valence-electron chi connectivity index (χ1n) is 9.05. The number of benzene rings is 2. The van der Waals surface area contributed by atoms with E-state index in [1.54, 1.807) is 42.5 Å². The van der Waals surface area contributed by atoms with Crippen LogP contribution in [-0.2, 0) is 21.3 Å². The van der Waals surface area contributed by atoms with Crippen LogP contribution in [0.5, 0.6) is 0 Å². The molecule has 1 heterocycles. The van der Waals surface area contributed by atoms with E-state index in [9.17, 15) is 13.2 Å². The molecule has 0 aliphatic carbocycles. The number of rotatable bonds is 7. The zero-order valence-corrected chi connectivity index (χ0v) is 17.2. The second-order valence-electron chi connectivity index (χ2n) is 6.75. The topological polar surface area (TPSA) is 75.7 Å². The molecule has 1 N–H and O–H groups in total. The van der Waals surface area contributed by atoms with Crippen molar-refractivity contribution in [3.05, 3.63) is 64.7 Å². The molecule has 1 unspecified atom stereocenters. The highest BCUT2D eigenvalue weighted by atomic mass is 35.5. The summed E-state index contributed by atoms with van der Waals surface area (Å²) < 4.78 is 31.4. The van der Waals surface area contributed by atoms with Gasteiger partial charge in [-0.2, -0.15) is 0 Å². The molecule has 150 valence electrons. The van der Waals surface area contributed by atoms with Crippen molar-refractivity contribution in [1.82, 2.24) is 5.32 Å². The Morgan fingerprint density at radius 2 is 1.93 bits per heavy atom. The molecule has 28 heavy (non-hydrogen) atoms. The molecule has 1 fully saturated rings. The van der Waals surface area contributed by atoms with Crippen molar-refractivity contribution < 1.29 is 17.9 Å². The molecule has 3 rings (SSSR count). The van der Waals surface area contributed by atoms with Gasteiger partial charge >= 0.3 is 0 Å². The first-order valence-corrected chi connectivity index (χ1v) is 11.3. The SMILES string of the molecule is CS(=O)(=O)N(Cc1ccccc1Cl)c1ccc(C(=O)NCC2CCCO2)cc1.